The third-order valence-electron chi connectivity index (χ3n) is 2.09. The van der Waals surface area contributed by atoms with Gasteiger partial charge in [-0.1, -0.05) is 11.6 Å². The molecular weight excluding hydrogens is 244 g/mol. The Kier molecular flexibility index (Phi) is 4.31. The summed E-state index contributed by atoms with van der Waals surface area (Å²) in [6.45, 7) is 3.27. The highest BCUT2D eigenvalue weighted by molar-refractivity contribution is 6.29. The van der Waals surface area contributed by atoms with Crippen molar-refractivity contribution in [3.8, 4) is 5.88 Å². The molecule has 0 fully saturated rings. The number of aliphatic hydroxyl groups excluding tert-OH is 1. The predicted molar refractivity (Wildman–Crippen MR) is 64.4 cm³/mol. The zero-order valence-electron chi connectivity index (χ0n) is 9.95. The molecule has 0 atom stereocenters. The molecule has 1 amide bonds. The van der Waals surface area contributed by atoms with Crippen LogP contribution in [0.5, 0.6) is 5.88 Å². The molecule has 5 nitrogen and oxygen atoms in total. The molecular formula is C11H15ClN2O3. The molecule has 0 aliphatic carbocycles. The SMILES string of the molecule is COc1cc(C(=O)NC(C)(C)CO)cc(Cl)n1. The zero-order valence-corrected chi connectivity index (χ0v) is 10.7. The zero-order chi connectivity index (χ0) is 13.1. The van der Waals surface area contributed by atoms with Crippen LogP contribution in [-0.4, -0.2) is 35.3 Å². The molecule has 0 saturated carbocycles. The average molecular weight is 259 g/mol. The third kappa shape index (κ3) is 3.87. The number of aromatic nitrogens is 1. The van der Waals surface area contributed by atoms with E-state index in [1.807, 2.05) is 0 Å². The van der Waals surface area contributed by atoms with Gasteiger partial charge in [-0.2, -0.15) is 0 Å². The van der Waals surface area contributed by atoms with E-state index in [-0.39, 0.29) is 23.5 Å². The van der Waals surface area contributed by atoms with Gasteiger partial charge in [-0.25, -0.2) is 4.98 Å². The number of carbonyl (C=O) groups is 1. The van der Waals surface area contributed by atoms with Crippen molar-refractivity contribution in [1.82, 2.24) is 10.3 Å². The van der Waals surface area contributed by atoms with Crippen molar-refractivity contribution < 1.29 is 14.6 Å². The van der Waals surface area contributed by atoms with Gasteiger partial charge in [0.15, 0.2) is 0 Å². The minimum atomic E-state index is -0.694. The first-order valence-electron chi connectivity index (χ1n) is 5.03. The molecule has 1 rings (SSSR count). The first-order valence-corrected chi connectivity index (χ1v) is 5.41. The number of amides is 1. The van der Waals surface area contributed by atoms with Gasteiger partial charge in [-0.15, -0.1) is 0 Å². The highest BCUT2D eigenvalue weighted by Crippen LogP contribution is 2.16. The summed E-state index contributed by atoms with van der Waals surface area (Å²) in [5.41, 5.74) is -0.358. The molecule has 17 heavy (non-hydrogen) atoms. The van der Waals surface area contributed by atoms with Crippen molar-refractivity contribution in [3.05, 3.63) is 22.8 Å². The molecule has 2 N–H and O–H groups in total. The number of rotatable bonds is 4. The highest BCUT2D eigenvalue weighted by atomic mass is 35.5. The summed E-state index contributed by atoms with van der Waals surface area (Å²) in [5.74, 6) is -0.0731. The van der Waals surface area contributed by atoms with Gasteiger partial charge < -0.3 is 15.2 Å². The summed E-state index contributed by atoms with van der Waals surface area (Å²) in [6, 6.07) is 2.92. The van der Waals surface area contributed by atoms with Crippen LogP contribution in [0, 0.1) is 0 Å². The fourth-order valence-electron chi connectivity index (χ4n) is 1.13. The summed E-state index contributed by atoms with van der Waals surface area (Å²) in [7, 11) is 1.44. The van der Waals surface area contributed by atoms with Gasteiger partial charge in [0.2, 0.25) is 5.88 Å². The Labute approximate surface area is 105 Å². The number of nitrogens with zero attached hydrogens (tertiary/aromatic N) is 1. The molecule has 1 aromatic rings. The predicted octanol–water partition coefficient (Wildman–Crippen LogP) is 1.24. The van der Waals surface area contributed by atoms with E-state index in [0.717, 1.165) is 0 Å². The lowest BCUT2D eigenvalue weighted by atomic mass is 10.1. The third-order valence-corrected chi connectivity index (χ3v) is 2.28. The number of hydrogen-bond acceptors (Lipinski definition) is 4. The Balaban J connectivity index is 2.93. The van der Waals surface area contributed by atoms with Gasteiger partial charge in [0.05, 0.1) is 19.3 Å². The number of hydrogen-bond donors (Lipinski definition) is 2. The summed E-state index contributed by atoms with van der Waals surface area (Å²) in [4.78, 5) is 15.7. The van der Waals surface area contributed by atoms with Gasteiger partial charge in [-0.05, 0) is 19.9 Å². The standard InChI is InChI=1S/C11H15ClN2O3/c1-11(2,6-15)14-10(16)7-4-8(12)13-9(5-7)17-3/h4-5,15H,6H2,1-3H3,(H,14,16). The minimum absolute atomic E-state index is 0.158. The normalized spacial score (nSPS) is 11.1. The van der Waals surface area contributed by atoms with E-state index in [1.165, 1.54) is 19.2 Å². The van der Waals surface area contributed by atoms with Crippen molar-refractivity contribution >= 4 is 17.5 Å². The van der Waals surface area contributed by atoms with Crippen LogP contribution in [0.3, 0.4) is 0 Å². The maximum atomic E-state index is 11.9. The Morgan fingerprint density at radius 3 is 2.76 bits per heavy atom. The molecule has 0 saturated heterocycles. The second-order valence-corrected chi connectivity index (χ2v) is 4.60. The van der Waals surface area contributed by atoms with Gasteiger partial charge in [0.25, 0.3) is 5.91 Å². The number of nitrogens with one attached hydrogen (secondary N) is 1. The van der Waals surface area contributed by atoms with Crippen LogP contribution >= 0.6 is 11.6 Å². The van der Waals surface area contributed by atoms with Crippen LogP contribution in [0.1, 0.15) is 24.2 Å². The summed E-state index contributed by atoms with van der Waals surface area (Å²) in [5, 5.41) is 11.9. The summed E-state index contributed by atoms with van der Waals surface area (Å²) >= 11 is 5.76. The smallest absolute Gasteiger partial charge is 0.252 e. The molecule has 1 aromatic heterocycles. The van der Waals surface area contributed by atoms with E-state index >= 15 is 0 Å². The molecule has 0 aliphatic heterocycles. The van der Waals surface area contributed by atoms with Crippen LogP contribution in [-0.2, 0) is 0 Å². The average Bonchev–Trinajstić information content (AvgIpc) is 2.27. The molecule has 0 spiro atoms. The second kappa shape index (κ2) is 5.33. The monoisotopic (exact) mass is 258 g/mol. The number of pyridine rings is 1. The van der Waals surface area contributed by atoms with E-state index in [1.54, 1.807) is 13.8 Å². The van der Waals surface area contributed by atoms with E-state index < -0.39 is 5.54 Å². The van der Waals surface area contributed by atoms with Crippen molar-refractivity contribution in [2.24, 2.45) is 0 Å². The van der Waals surface area contributed by atoms with Gasteiger partial charge in [0, 0.05) is 11.6 Å². The Hall–Kier alpha value is -1.33. The molecule has 94 valence electrons. The van der Waals surface area contributed by atoms with E-state index in [0.29, 0.717) is 5.56 Å². The molecule has 0 radical (unpaired) electrons. The number of carbonyl (C=O) groups excluding carboxylic acids is 1. The van der Waals surface area contributed by atoms with E-state index in [9.17, 15) is 4.79 Å². The van der Waals surface area contributed by atoms with Crippen molar-refractivity contribution in [2.75, 3.05) is 13.7 Å². The van der Waals surface area contributed by atoms with Gasteiger partial charge in [-0.3, -0.25) is 4.79 Å². The van der Waals surface area contributed by atoms with Crippen LogP contribution in [0.4, 0.5) is 0 Å². The Bertz CT molecular complexity index is 421. The molecule has 0 bridgehead atoms. The van der Waals surface area contributed by atoms with Gasteiger partial charge in [0.1, 0.15) is 5.15 Å². The first-order chi connectivity index (χ1) is 7.88. The maximum Gasteiger partial charge on any atom is 0.252 e. The molecule has 1 heterocycles. The lowest BCUT2D eigenvalue weighted by Gasteiger charge is -2.23. The second-order valence-electron chi connectivity index (χ2n) is 4.22. The Morgan fingerprint density at radius 2 is 2.24 bits per heavy atom. The van der Waals surface area contributed by atoms with Crippen molar-refractivity contribution in [2.45, 2.75) is 19.4 Å². The van der Waals surface area contributed by atoms with Crippen molar-refractivity contribution in [3.63, 3.8) is 0 Å². The van der Waals surface area contributed by atoms with Crippen molar-refractivity contribution in [1.29, 1.82) is 0 Å². The highest BCUT2D eigenvalue weighted by Gasteiger charge is 2.20. The molecule has 0 aliphatic rings. The fourth-order valence-corrected chi connectivity index (χ4v) is 1.33. The molecule has 6 heteroatoms. The molecule has 0 aromatic carbocycles. The minimum Gasteiger partial charge on any atom is -0.481 e. The van der Waals surface area contributed by atoms with Gasteiger partial charge >= 0.3 is 0 Å². The van der Waals surface area contributed by atoms with Crippen LogP contribution < -0.4 is 10.1 Å². The van der Waals surface area contributed by atoms with E-state index in [2.05, 4.69) is 10.3 Å². The quantitative estimate of drug-likeness (QED) is 0.798. The first kappa shape index (κ1) is 13.7. The number of ether oxygens (including phenoxy) is 1. The fraction of sp³-hybridized carbons (Fsp3) is 0.455. The van der Waals surface area contributed by atoms with E-state index in [4.69, 9.17) is 21.4 Å². The summed E-state index contributed by atoms with van der Waals surface area (Å²) in [6.07, 6.45) is 0. The van der Waals surface area contributed by atoms with Crippen LogP contribution in [0.15, 0.2) is 12.1 Å². The van der Waals surface area contributed by atoms with Crippen LogP contribution in [0.25, 0.3) is 0 Å². The molecule has 0 unspecified atom stereocenters. The topological polar surface area (TPSA) is 71.5 Å². The lowest BCUT2D eigenvalue weighted by Crippen LogP contribution is -2.46. The van der Waals surface area contributed by atoms with Crippen LogP contribution in [0.2, 0.25) is 5.15 Å². The number of methoxy groups -OCH3 is 1. The lowest BCUT2D eigenvalue weighted by molar-refractivity contribution is 0.0869. The summed E-state index contributed by atoms with van der Waals surface area (Å²) < 4.78 is 4.92. The largest absolute Gasteiger partial charge is 0.481 e. The number of aliphatic hydroxyl groups is 1. The Morgan fingerprint density at radius 1 is 1.59 bits per heavy atom. The number of halogens is 1. The maximum absolute atomic E-state index is 11.9.